The summed E-state index contributed by atoms with van der Waals surface area (Å²) < 4.78 is 2.50. The number of carbonyl (C=O) groups excluding carboxylic acids is 1. The Labute approximate surface area is 96.2 Å². The van der Waals surface area contributed by atoms with Crippen molar-refractivity contribution >= 4 is 32.7 Å². The third-order valence-electron chi connectivity index (χ3n) is 2.42. The molecule has 1 heterocycles. The van der Waals surface area contributed by atoms with Crippen molar-refractivity contribution < 1.29 is 4.79 Å². The second kappa shape index (κ2) is 3.77. The smallest absolute Gasteiger partial charge is 0.244 e. The van der Waals surface area contributed by atoms with E-state index in [2.05, 4.69) is 28.0 Å². The number of rotatable bonds is 1. The third-order valence-corrected chi connectivity index (χ3v) is 3.15. The van der Waals surface area contributed by atoms with E-state index < -0.39 is 0 Å². The summed E-state index contributed by atoms with van der Waals surface area (Å²) >= 11 is 3.50. The molecule has 0 aliphatic carbocycles. The van der Waals surface area contributed by atoms with Crippen LogP contribution in [0.25, 0.3) is 10.9 Å². The van der Waals surface area contributed by atoms with Crippen LogP contribution < -0.4 is 0 Å². The van der Waals surface area contributed by atoms with Gasteiger partial charge in [0, 0.05) is 16.8 Å². The minimum absolute atomic E-state index is 0.0608. The first-order valence-corrected chi connectivity index (χ1v) is 5.60. The zero-order chi connectivity index (χ0) is 11.0. The molecule has 0 atom stereocenters. The quantitative estimate of drug-likeness (QED) is 0.796. The fraction of sp³-hybridized carbons (Fsp3) is 0.273. The van der Waals surface area contributed by atoms with Crippen LogP contribution in [0, 0.1) is 0 Å². The number of benzene rings is 1. The van der Waals surface area contributed by atoms with Crippen LogP contribution in [0.3, 0.4) is 0 Å². The van der Waals surface area contributed by atoms with Crippen LogP contribution in [-0.2, 0) is 6.42 Å². The Morgan fingerprint density at radius 2 is 2.27 bits per heavy atom. The maximum Gasteiger partial charge on any atom is 0.244 e. The van der Waals surface area contributed by atoms with Crippen LogP contribution in [-0.4, -0.2) is 15.7 Å². The van der Waals surface area contributed by atoms with Crippen LogP contribution in [0.1, 0.15) is 24.2 Å². The summed E-state index contributed by atoms with van der Waals surface area (Å²) in [5.41, 5.74) is 2.06. The molecule has 1 aromatic heterocycles. The lowest BCUT2D eigenvalue weighted by Crippen LogP contribution is -2.06. The molecule has 2 rings (SSSR count). The second-order valence-electron chi connectivity index (χ2n) is 3.43. The molecular formula is C11H11BrN2O. The van der Waals surface area contributed by atoms with Crippen LogP contribution in [0.15, 0.2) is 22.8 Å². The van der Waals surface area contributed by atoms with E-state index in [-0.39, 0.29) is 5.91 Å². The molecule has 78 valence electrons. The molecule has 0 spiro atoms. The fourth-order valence-electron chi connectivity index (χ4n) is 1.61. The summed E-state index contributed by atoms with van der Waals surface area (Å²) in [7, 11) is 0. The largest absolute Gasteiger partial charge is 0.273 e. The Morgan fingerprint density at radius 3 is 2.87 bits per heavy atom. The van der Waals surface area contributed by atoms with Crippen molar-refractivity contribution in [3.05, 3.63) is 28.4 Å². The first kappa shape index (κ1) is 10.4. The van der Waals surface area contributed by atoms with Gasteiger partial charge >= 0.3 is 0 Å². The van der Waals surface area contributed by atoms with E-state index >= 15 is 0 Å². The predicted octanol–water partition coefficient (Wildman–Crippen LogP) is 3.02. The lowest BCUT2D eigenvalue weighted by atomic mass is 10.1. The van der Waals surface area contributed by atoms with Gasteiger partial charge in [-0.3, -0.25) is 4.79 Å². The minimum Gasteiger partial charge on any atom is -0.273 e. The molecule has 3 nitrogen and oxygen atoms in total. The lowest BCUT2D eigenvalue weighted by Gasteiger charge is -2.03. The van der Waals surface area contributed by atoms with E-state index in [9.17, 15) is 4.79 Å². The molecule has 0 aliphatic heterocycles. The van der Waals surface area contributed by atoms with Gasteiger partial charge in [-0.25, -0.2) is 4.68 Å². The molecule has 2 aromatic rings. The number of nitrogens with zero attached hydrogens (tertiary/aromatic N) is 2. The van der Waals surface area contributed by atoms with Crippen molar-refractivity contribution in [1.82, 2.24) is 9.78 Å². The van der Waals surface area contributed by atoms with Gasteiger partial charge in [-0.15, -0.1) is 0 Å². The number of aryl methyl sites for hydroxylation is 1. The summed E-state index contributed by atoms with van der Waals surface area (Å²) in [6.45, 7) is 3.60. The van der Waals surface area contributed by atoms with E-state index in [1.54, 1.807) is 6.20 Å². The van der Waals surface area contributed by atoms with Gasteiger partial charge in [0.1, 0.15) is 0 Å². The van der Waals surface area contributed by atoms with Crippen molar-refractivity contribution in [3.63, 3.8) is 0 Å². The van der Waals surface area contributed by atoms with Gasteiger partial charge in [0.05, 0.1) is 11.7 Å². The Balaban J connectivity index is 2.74. The molecule has 0 unspecified atom stereocenters. The highest BCUT2D eigenvalue weighted by molar-refractivity contribution is 9.10. The monoisotopic (exact) mass is 266 g/mol. The number of hydrogen-bond donors (Lipinski definition) is 0. The molecule has 0 fully saturated rings. The normalized spacial score (nSPS) is 10.9. The lowest BCUT2D eigenvalue weighted by molar-refractivity contribution is 0.0927. The van der Waals surface area contributed by atoms with Crippen molar-refractivity contribution in [1.29, 1.82) is 0 Å². The Kier molecular flexibility index (Phi) is 2.61. The maximum absolute atomic E-state index is 11.3. The number of halogens is 1. The summed E-state index contributed by atoms with van der Waals surface area (Å²) in [6.07, 6.45) is 2.64. The van der Waals surface area contributed by atoms with Crippen LogP contribution in [0.2, 0.25) is 0 Å². The van der Waals surface area contributed by atoms with Crippen molar-refractivity contribution in [2.24, 2.45) is 0 Å². The van der Waals surface area contributed by atoms with E-state index in [0.717, 1.165) is 21.8 Å². The van der Waals surface area contributed by atoms with E-state index in [1.807, 2.05) is 12.1 Å². The summed E-state index contributed by atoms with van der Waals surface area (Å²) in [5.74, 6) is -0.0608. The topological polar surface area (TPSA) is 34.9 Å². The van der Waals surface area contributed by atoms with Crippen LogP contribution in [0.5, 0.6) is 0 Å². The molecular weight excluding hydrogens is 256 g/mol. The Morgan fingerprint density at radius 1 is 1.53 bits per heavy atom. The van der Waals surface area contributed by atoms with Gasteiger partial charge in [0.25, 0.3) is 0 Å². The summed E-state index contributed by atoms with van der Waals surface area (Å²) in [6, 6.07) is 4.01. The highest BCUT2D eigenvalue weighted by Crippen LogP contribution is 2.24. The molecule has 0 saturated heterocycles. The summed E-state index contributed by atoms with van der Waals surface area (Å²) in [4.78, 5) is 11.3. The van der Waals surface area contributed by atoms with Gasteiger partial charge in [-0.2, -0.15) is 5.10 Å². The molecule has 1 aromatic carbocycles. The zero-order valence-electron chi connectivity index (χ0n) is 8.62. The highest BCUT2D eigenvalue weighted by atomic mass is 79.9. The standard InChI is InChI=1S/C11H11BrN2O/c1-3-8-5-11-9(4-10(8)12)6-13-14(11)7(2)15/h4-6H,3H2,1-2H3. The van der Waals surface area contributed by atoms with Gasteiger partial charge < -0.3 is 0 Å². The van der Waals surface area contributed by atoms with E-state index in [0.29, 0.717) is 0 Å². The van der Waals surface area contributed by atoms with Crippen molar-refractivity contribution in [3.8, 4) is 0 Å². The zero-order valence-corrected chi connectivity index (χ0v) is 10.2. The average molecular weight is 267 g/mol. The minimum atomic E-state index is -0.0608. The van der Waals surface area contributed by atoms with Crippen LogP contribution >= 0.6 is 15.9 Å². The molecule has 0 radical (unpaired) electrons. The molecule has 0 saturated carbocycles. The second-order valence-corrected chi connectivity index (χ2v) is 4.29. The SMILES string of the molecule is CCc1cc2c(cnn2C(C)=O)cc1Br. The van der Waals surface area contributed by atoms with Gasteiger partial charge in [-0.1, -0.05) is 22.9 Å². The Hall–Kier alpha value is -1.16. The number of fused-ring (bicyclic) bond motifs is 1. The molecule has 0 N–H and O–H groups in total. The van der Waals surface area contributed by atoms with Crippen molar-refractivity contribution in [2.75, 3.05) is 0 Å². The number of hydrogen-bond acceptors (Lipinski definition) is 2. The van der Waals surface area contributed by atoms with Crippen LogP contribution in [0.4, 0.5) is 0 Å². The van der Waals surface area contributed by atoms with Crippen molar-refractivity contribution in [2.45, 2.75) is 20.3 Å². The maximum atomic E-state index is 11.3. The molecule has 0 bridgehead atoms. The molecule has 15 heavy (non-hydrogen) atoms. The third kappa shape index (κ3) is 1.69. The molecule has 0 aliphatic rings. The number of aromatic nitrogens is 2. The first-order valence-electron chi connectivity index (χ1n) is 4.80. The fourth-order valence-corrected chi connectivity index (χ4v) is 2.25. The average Bonchev–Trinajstić information content (AvgIpc) is 2.59. The highest BCUT2D eigenvalue weighted by Gasteiger charge is 2.08. The summed E-state index contributed by atoms with van der Waals surface area (Å²) in [5, 5.41) is 5.04. The molecule has 0 amide bonds. The first-order chi connectivity index (χ1) is 7.13. The number of carbonyl (C=O) groups is 1. The Bertz CT molecular complexity index is 531. The van der Waals surface area contributed by atoms with E-state index in [1.165, 1.54) is 17.2 Å². The van der Waals surface area contributed by atoms with Gasteiger partial charge in [0.15, 0.2) is 0 Å². The van der Waals surface area contributed by atoms with Gasteiger partial charge in [-0.05, 0) is 24.1 Å². The van der Waals surface area contributed by atoms with E-state index in [4.69, 9.17) is 0 Å². The molecule has 4 heteroatoms. The van der Waals surface area contributed by atoms with Gasteiger partial charge in [0.2, 0.25) is 5.91 Å². The predicted molar refractivity (Wildman–Crippen MR) is 63.1 cm³/mol.